The molecule has 0 radical (unpaired) electrons. The van der Waals surface area contributed by atoms with Crippen molar-refractivity contribution in [1.29, 1.82) is 0 Å². The molecule has 28 heavy (non-hydrogen) atoms. The summed E-state index contributed by atoms with van der Waals surface area (Å²) in [4.78, 5) is 25.9. The van der Waals surface area contributed by atoms with Crippen LogP contribution in [0.1, 0.15) is 50.1 Å². The van der Waals surface area contributed by atoms with E-state index in [2.05, 4.69) is 10.4 Å². The Labute approximate surface area is 168 Å². The number of hydrogen-bond acceptors (Lipinski definition) is 4. The first-order valence-corrected chi connectivity index (χ1v) is 10.1. The lowest BCUT2D eigenvalue weighted by Gasteiger charge is -2.23. The minimum absolute atomic E-state index is 0.117. The number of amides is 2. The Morgan fingerprint density at radius 3 is 2.57 bits per heavy atom. The Morgan fingerprint density at radius 1 is 1.25 bits per heavy atom. The third-order valence-electron chi connectivity index (χ3n) is 4.35. The van der Waals surface area contributed by atoms with Crippen molar-refractivity contribution in [2.45, 2.75) is 39.7 Å². The van der Waals surface area contributed by atoms with Gasteiger partial charge in [-0.15, -0.1) is 11.3 Å². The maximum atomic E-state index is 13.3. The van der Waals surface area contributed by atoms with Gasteiger partial charge in [0, 0.05) is 12.8 Å². The lowest BCUT2D eigenvalue weighted by atomic mass is 9.92. The number of nitrogens with zero attached hydrogens (tertiary/aromatic N) is 2. The molecule has 0 saturated heterocycles. The molecule has 1 unspecified atom stereocenters. The number of nitrogens with one attached hydrogen (secondary N) is 1. The van der Waals surface area contributed by atoms with Gasteiger partial charge in [0.05, 0.1) is 23.2 Å². The van der Waals surface area contributed by atoms with Crippen molar-refractivity contribution in [2.75, 3.05) is 6.54 Å². The van der Waals surface area contributed by atoms with Gasteiger partial charge < -0.3 is 5.32 Å². The van der Waals surface area contributed by atoms with E-state index < -0.39 is 0 Å². The molecule has 2 amide bonds. The van der Waals surface area contributed by atoms with E-state index in [1.54, 1.807) is 23.5 Å². The van der Waals surface area contributed by atoms with E-state index in [9.17, 15) is 14.0 Å². The van der Waals surface area contributed by atoms with Gasteiger partial charge in [-0.3, -0.25) is 9.59 Å². The molecule has 1 N–H and O–H groups in total. The zero-order valence-corrected chi connectivity index (χ0v) is 17.1. The van der Waals surface area contributed by atoms with Crippen LogP contribution in [0.15, 0.2) is 46.9 Å². The summed E-state index contributed by atoms with van der Waals surface area (Å²) in [6.07, 6.45) is 0.888. The monoisotopic (exact) mass is 401 g/mol. The van der Waals surface area contributed by atoms with Gasteiger partial charge in [0.1, 0.15) is 5.82 Å². The van der Waals surface area contributed by atoms with Crippen molar-refractivity contribution in [1.82, 2.24) is 10.3 Å². The minimum atomic E-state index is -0.325. The van der Waals surface area contributed by atoms with Gasteiger partial charge in [-0.05, 0) is 34.6 Å². The number of carbonyl (C=O) groups is 2. The highest BCUT2D eigenvalue weighted by atomic mass is 32.1. The van der Waals surface area contributed by atoms with Gasteiger partial charge in [0.25, 0.3) is 5.91 Å². The fourth-order valence-electron chi connectivity index (χ4n) is 3.08. The van der Waals surface area contributed by atoms with Gasteiger partial charge in [0.15, 0.2) is 0 Å². The molecule has 0 bridgehead atoms. The Balaban J connectivity index is 1.76. The minimum Gasteiger partial charge on any atom is -0.347 e. The topological polar surface area (TPSA) is 61.8 Å². The van der Waals surface area contributed by atoms with Crippen LogP contribution in [0.5, 0.6) is 0 Å². The van der Waals surface area contributed by atoms with E-state index >= 15 is 0 Å². The SMILES string of the molecule is CC(C)(C)CC(=O)NCC(=O)N1N=C(c2cccs2)CC1c1ccc(F)cc1. The molecule has 0 saturated carbocycles. The van der Waals surface area contributed by atoms with Gasteiger partial charge in [-0.2, -0.15) is 5.10 Å². The highest BCUT2D eigenvalue weighted by Gasteiger charge is 2.33. The molecule has 1 aromatic heterocycles. The summed E-state index contributed by atoms with van der Waals surface area (Å²) in [5.41, 5.74) is 1.48. The first-order chi connectivity index (χ1) is 13.2. The smallest absolute Gasteiger partial charge is 0.262 e. The van der Waals surface area contributed by atoms with E-state index in [0.29, 0.717) is 12.8 Å². The Hall–Kier alpha value is -2.54. The maximum Gasteiger partial charge on any atom is 0.262 e. The van der Waals surface area contributed by atoms with Crippen molar-refractivity contribution in [3.63, 3.8) is 0 Å². The number of hydrogen-bond donors (Lipinski definition) is 1. The molecule has 2 aromatic rings. The number of benzene rings is 1. The van der Waals surface area contributed by atoms with E-state index in [-0.39, 0.29) is 35.6 Å². The Morgan fingerprint density at radius 2 is 1.96 bits per heavy atom. The molecule has 5 nitrogen and oxygen atoms in total. The molecule has 1 aliphatic rings. The second-order valence-corrected chi connectivity index (χ2v) is 9.00. The molecule has 1 atom stereocenters. The number of hydrazone groups is 1. The van der Waals surface area contributed by atoms with Gasteiger partial charge >= 0.3 is 0 Å². The number of thiophene rings is 1. The van der Waals surface area contributed by atoms with Crippen LogP contribution in [-0.2, 0) is 9.59 Å². The van der Waals surface area contributed by atoms with Crippen LogP contribution in [0.4, 0.5) is 4.39 Å². The largest absolute Gasteiger partial charge is 0.347 e. The second kappa shape index (κ2) is 8.22. The van der Waals surface area contributed by atoms with Crippen LogP contribution in [0.2, 0.25) is 0 Å². The first-order valence-electron chi connectivity index (χ1n) is 9.18. The van der Waals surface area contributed by atoms with E-state index in [0.717, 1.165) is 16.2 Å². The molecule has 1 aliphatic heterocycles. The Bertz CT molecular complexity index is 870. The highest BCUT2D eigenvalue weighted by Crippen LogP contribution is 2.33. The molecule has 2 heterocycles. The van der Waals surface area contributed by atoms with E-state index in [1.807, 2.05) is 38.3 Å². The number of rotatable bonds is 5. The van der Waals surface area contributed by atoms with Crippen molar-refractivity contribution in [3.05, 3.63) is 58.0 Å². The first kappa shape index (κ1) is 20.2. The quantitative estimate of drug-likeness (QED) is 0.819. The van der Waals surface area contributed by atoms with Crippen LogP contribution in [0.3, 0.4) is 0 Å². The molecular formula is C21H24FN3O2S. The molecule has 7 heteroatoms. The molecule has 0 spiro atoms. The fraction of sp³-hybridized carbons (Fsp3) is 0.381. The van der Waals surface area contributed by atoms with Crippen LogP contribution in [0.25, 0.3) is 0 Å². The molecular weight excluding hydrogens is 377 g/mol. The highest BCUT2D eigenvalue weighted by molar-refractivity contribution is 7.12. The summed E-state index contributed by atoms with van der Waals surface area (Å²) in [7, 11) is 0. The standard InChI is InChI=1S/C21H24FN3O2S/c1-21(2,3)12-19(26)23-13-20(27)25-17(14-6-8-15(22)9-7-14)11-16(24-25)18-5-4-10-28-18/h4-10,17H,11-13H2,1-3H3,(H,23,26). The second-order valence-electron chi connectivity index (χ2n) is 8.05. The third kappa shape index (κ3) is 5.04. The van der Waals surface area contributed by atoms with E-state index in [4.69, 9.17) is 0 Å². The summed E-state index contributed by atoms with van der Waals surface area (Å²) >= 11 is 1.56. The Kier molecular flexibility index (Phi) is 5.93. The third-order valence-corrected chi connectivity index (χ3v) is 5.27. The zero-order valence-electron chi connectivity index (χ0n) is 16.2. The molecule has 1 aromatic carbocycles. The van der Waals surface area contributed by atoms with Gasteiger partial charge in [-0.1, -0.05) is 39.0 Å². The number of carbonyl (C=O) groups excluding carboxylic acids is 2. The number of halogens is 1. The molecule has 148 valence electrons. The van der Waals surface area contributed by atoms with Crippen LogP contribution in [0, 0.1) is 11.2 Å². The average molecular weight is 402 g/mol. The predicted molar refractivity (Wildman–Crippen MR) is 109 cm³/mol. The van der Waals surface area contributed by atoms with Crippen molar-refractivity contribution in [2.24, 2.45) is 10.5 Å². The average Bonchev–Trinajstić information content (AvgIpc) is 3.28. The van der Waals surface area contributed by atoms with Crippen molar-refractivity contribution in [3.8, 4) is 0 Å². The van der Waals surface area contributed by atoms with Crippen molar-refractivity contribution < 1.29 is 14.0 Å². The van der Waals surface area contributed by atoms with E-state index in [1.165, 1.54) is 17.1 Å². The molecule has 0 fully saturated rings. The summed E-state index contributed by atoms with van der Waals surface area (Å²) in [6, 6.07) is 9.69. The normalized spacial score (nSPS) is 16.8. The lowest BCUT2D eigenvalue weighted by Crippen LogP contribution is -2.38. The summed E-state index contributed by atoms with van der Waals surface area (Å²) in [5.74, 6) is -0.780. The summed E-state index contributed by atoms with van der Waals surface area (Å²) in [6.45, 7) is 5.79. The summed E-state index contributed by atoms with van der Waals surface area (Å²) < 4.78 is 13.3. The molecule has 0 aliphatic carbocycles. The van der Waals surface area contributed by atoms with Gasteiger partial charge in [-0.25, -0.2) is 9.40 Å². The zero-order chi connectivity index (χ0) is 20.3. The van der Waals surface area contributed by atoms with Gasteiger partial charge in [0.2, 0.25) is 5.91 Å². The van der Waals surface area contributed by atoms with Crippen LogP contribution < -0.4 is 5.32 Å². The lowest BCUT2D eigenvalue weighted by molar-refractivity contribution is -0.134. The fourth-order valence-corrected chi connectivity index (χ4v) is 3.80. The van der Waals surface area contributed by atoms with Crippen molar-refractivity contribution >= 4 is 28.9 Å². The predicted octanol–water partition coefficient (Wildman–Crippen LogP) is 4.12. The van der Waals surface area contributed by atoms with Crippen LogP contribution >= 0.6 is 11.3 Å². The molecule has 3 rings (SSSR count). The summed E-state index contributed by atoms with van der Waals surface area (Å²) in [5, 5.41) is 10.6. The maximum absolute atomic E-state index is 13.3. The van der Waals surface area contributed by atoms with Crippen LogP contribution in [-0.4, -0.2) is 29.1 Å².